The second-order valence-electron chi connectivity index (χ2n) is 4.24. The van der Waals surface area contributed by atoms with Gasteiger partial charge < -0.3 is 10.1 Å². The molecule has 8 heteroatoms. The van der Waals surface area contributed by atoms with Crippen LogP contribution in [0.15, 0.2) is 36.7 Å². The first kappa shape index (κ1) is 16.2. The minimum atomic E-state index is -1.03. The number of carbonyl (C=O) groups is 2. The summed E-state index contributed by atoms with van der Waals surface area (Å²) in [6, 6.07) is 6.12. The molecule has 0 aliphatic heterocycles. The number of halogens is 2. The number of nitrogens with one attached hydrogen (secondary N) is 1. The summed E-state index contributed by atoms with van der Waals surface area (Å²) in [6.45, 7) is 1.44. The Kier molecular flexibility index (Phi) is 5.30. The van der Waals surface area contributed by atoms with Crippen molar-refractivity contribution in [3.05, 3.63) is 52.4 Å². The molecule has 0 saturated heterocycles. The van der Waals surface area contributed by atoms with Gasteiger partial charge in [-0.15, -0.1) is 0 Å². The number of ether oxygens (including phenoxy) is 1. The Morgan fingerprint density at radius 1 is 1.23 bits per heavy atom. The molecule has 2 aromatic rings. The van der Waals surface area contributed by atoms with Crippen molar-refractivity contribution in [3.8, 4) is 0 Å². The van der Waals surface area contributed by atoms with Crippen LogP contribution in [0.4, 0.5) is 5.82 Å². The third-order valence-electron chi connectivity index (χ3n) is 2.61. The first-order chi connectivity index (χ1) is 10.5. The van der Waals surface area contributed by atoms with Gasteiger partial charge in [-0.25, -0.2) is 14.8 Å². The molecule has 1 atom stereocenters. The van der Waals surface area contributed by atoms with Gasteiger partial charge in [-0.05, 0) is 31.2 Å². The van der Waals surface area contributed by atoms with Crippen LogP contribution in [-0.4, -0.2) is 27.9 Å². The van der Waals surface area contributed by atoms with E-state index in [0.29, 0.717) is 10.8 Å². The number of pyridine rings is 2. The molecule has 2 rings (SSSR count). The topological polar surface area (TPSA) is 81.2 Å². The molecule has 0 aromatic carbocycles. The summed E-state index contributed by atoms with van der Waals surface area (Å²) in [5, 5.41) is 2.97. The van der Waals surface area contributed by atoms with Crippen molar-refractivity contribution >= 4 is 40.9 Å². The summed E-state index contributed by atoms with van der Waals surface area (Å²) in [7, 11) is 0. The Morgan fingerprint density at radius 2 is 2.00 bits per heavy atom. The molecule has 1 amide bonds. The fraction of sp³-hybridized carbons (Fsp3) is 0.143. The normalized spacial score (nSPS) is 11.6. The van der Waals surface area contributed by atoms with Crippen LogP contribution in [0, 0.1) is 0 Å². The molecular weight excluding hydrogens is 329 g/mol. The van der Waals surface area contributed by atoms with E-state index in [1.54, 1.807) is 12.1 Å². The number of nitrogens with zero attached hydrogens (tertiary/aromatic N) is 2. The van der Waals surface area contributed by atoms with Crippen LogP contribution in [0.25, 0.3) is 0 Å². The van der Waals surface area contributed by atoms with Gasteiger partial charge in [0.2, 0.25) is 0 Å². The average Bonchev–Trinajstić information content (AvgIpc) is 2.49. The Hall–Kier alpha value is -2.18. The lowest BCUT2D eigenvalue weighted by Crippen LogP contribution is -2.30. The van der Waals surface area contributed by atoms with Gasteiger partial charge in [0, 0.05) is 12.4 Å². The average molecular weight is 340 g/mol. The van der Waals surface area contributed by atoms with E-state index >= 15 is 0 Å². The molecule has 2 aromatic heterocycles. The lowest BCUT2D eigenvalue weighted by atomic mass is 10.3. The molecule has 1 unspecified atom stereocenters. The second-order valence-corrected chi connectivity index (χ2v) is 5.03. The Morgan fingerprint density at radius 3 is 2.64 bits per heavy atom. The van der Waals surface area contributed by atoms with E-state index < -0.39 is 18.0 Å². The molecule has 0 spiro atoms. The molecule has 6 nitrogen and oxygen atoms in total. The Labute approximate surface area is 136 Å². The first-order valence-corrected chi connectivity index (χ1v) is 6.97. The summed E-state index contributed by atoms with van der Waals surface area (Å²) >= 11 is 11.5. The van der Waals surface area contributed by atoms with Crippen molar-refractivity contribution in [2.45, 2.75) is 13.0 Å². The van der Waals surface area contributed by atoms with Crippen LogP contribution in [0.2, 0.25) is 10.2 Å². The molecular formula is C14H11Cl2N3O3. The largest absolute Gasteiger partial charge is 0.449 e. The summed E-state index contributed by atoms with van der Waals surface area (Å²) in [5.41, 5.74) is 0.0911. The Balaban J connectivity index is 1.98. The van der Waals surface area contributed by atoms with Crippen molar-refractivity contribution in [3.63, 3.8) is 0 Å². The summed E-state index contributed by atoms with van der Waals surface area (Å²) < 4.78 is 5.05. The van der Waals surface area contributed by atoms with Crippen molar-refractivity contribution in [1.82, 2.24) is 9.97 Å². The van der Waals surface area contributed by atoms with Gasteiger partial charge in [0.1, 0.15) is 11.0 Å². The van der Waals surface area contributed by atoms with Crippen molar-refractivity contribution < 1.29 is 14.3 Å². The van der Waals surface area contributed by atoms with Gasteiger partial charge in [0.05, 0.1) is 10.6 Å². The maximum Gasteiger partial charge on any atom is 0.342 e. The number of hydrogen-bond acceptors (Lipinski definition) is 5. The molecule has 0 radical (unpaired) electrons. The van der Waals surface area contributed by atoms with E-state index in [4.69, 9.17) is 27.9 Å². The van der Waals surface area contributed by atoms with Crippen molar-refractivity contribution in [2.24, 2.45) is 0 Å². The monoisotopic (exact) mass is 339 g/mol. The highest BCUT2D eigenvalue weighted by Gasteiger charge is 2.21. The standard InChI is InChI=1S/C14H11Cl2N3O3/c1-8(13(20)19-11-5-4-9(15)7-18-11)22-14(21)10-3-2-6-17-12(10)16/h2-8H,1H3,(H,18,19,20). The van der Waals surface area contributed by atoms with E-state index in [-0.39, 0.29) is 10.7 Å². The molecule has 114 valence electrons. The fourth-order valence-electron chi connectivity index (χ4n) is 1.49. The molecule has 22 heavy (non-hydrogen) atoms. The number of esters is 1. The molecule has 0 bridgehead atoms. The van der Waals surface area contributed by atoms with Crippen LogP contribution < -0.4 is 5.32 Å². The predicted molar refractivity (Wildman–Crippen MR) is 82.0 cm³/mol. The lowest BCUT2D eigenvalue weighted by molar-refractivity contribution is -0.123. The van der Waals surface area contributed by atoms with Gasteiger partial charge in [-0.3, -0.25) is 4.79 Å². The number of hydrogen-bond donors (Lipinski definition) is 1. The van der Waals surface area contributed by atoms with Crippen LogP contribution in [0.3, 0.4) is 0 Å². The van der Waals surface area contributed by atoms with E-state index in [2.05, 4.69) is 15.3 Å². The zero-order valence-electron chi connectivity index (χ0n) is 11.4. The highest BCUT2D eigenvalue weighted by atomic mass is 35.5. The third-order valence-corrected chi connectivity index (χ3v) is 3.14. The van der Waals surface area contributed by atoms with Crippen LogP contribution in [-0.2, 0) is 9.53 Å². The minimum absolute atomic E-state index is 0.0134. The second kappa shape index (κ2) is 7.20. The van der Waals surface area contributed by atoms with Crippen molar-refractivity contribution in [2.75, 3.05) is 5.32 Å². The smallest absolute Gasteiger partial charge is 0.342 e. The van der Waals surface area contributed by atoms with E-state index in [1.165, 1.54) is 31.5 Å². The Bertz CT molecular complexity index is 692. The predicted octanol–water partition coefficient (Wildman–Crippen LogP) is 2.97. The van der Waals surface area contributed by atoms with Gasteiger partial charge in [0.15, 0.2) is 6.10 Å². The van der Waals surface area contributed by atoms with Crippen LogP contribution in [0.1, 0.15) is 17.3 Å². The molecule has 2 heterocycles. The van der Waals surface area contributed by atoms with Crippen LogP contribution in [0.5, 0.6) is 0 Å². The fourth-order valence-corrected chi connectivity index (χ4v) is 1.80. The maximum absolute atomic E-state index is 11.9. The molecule has 1 N–H and O–H groups in total. The quantitative estimate of drug-likeness (QED) is 0.684. The van der Waals surface area contributed by atoms with E-state index in [9.17, 15) is 9.59 Å². The molecule has 0 fully saturated rings. The number of rotatable bonds is 4. The van der Waals surface area contributed by atoms with Crippen LogP contribution >= 0.6 is 23.2 Å². The number of amides is 1. The highest BCUT2D eigenvalue weighted by Crippen LogP contribution is 2.14. The number of anilines is 1. The highest BCUT2D eigenvalue weighted by molar-refractivity contribution is 6.32. The zero-order valence-corrected chi connectivity index (χ0v) is 12.9. The maximum atomic E-state index is 11.9. The van der Waals surface area contributed by atoms with E-state index in [1.807, 2.05) is 0 Å². The van der Waals surface area contributed by atoms with Gasteiger partial charge in [-0.1, -0.05) is 23.2 Å². The van der Waals surface area contributed by atoms with Gasteiger partial charge in [0.25, 0.3) is 5.91 Å². The lowest BCUT2D eigenvalue weighted by Gasteiger charge is -2.13. The van der Waals surface area contributed by atoms with Gasteiger partial charge in [-0.2, -0.15) is 0 Å². The SMILES string of the molecule is CC(OC(=O)c1cccnc1Cl)C(=O)Nc1ccc(Cl)cn1. The molecule has 0 aliphatic rings. The summed E-state index contributed by atoms with van der Waals surface area (Å²) in [5.74, 6) is -0.954. The molecule has 0 aliphatic carbocycles. The number of carbonyl (C=O) groups excluding carboxylic acids is 2. The van der Waals surface area contributed by atoms with Crippen molar-refractivity contribution in [1.29, 1.82) is 0 Å². The van der Waals surface area contributed by atoms with E-state index in [0.717, 1.165) is 0 Å². The van der Waals surface area contributed by atoms with Gasteiger partial charge >= 0.3 is 5.97 Å². The summed E-state index contributed by atoms with van der Waals surface area (Å²) in [6.07, 6.45) is 1.81. The number of aromatic nitrogens is 2. The zero-order chi connectivity index (χ0) is 16.1. The minimum Gasteiger partial charge on any atom is -0.449 e. The molecule has 0 saturated carbocycles. The summed E-state index contributed by atoms with van der Waals surface area (Å²) in [4.78, 5) is 31.5. The first-order valence-electron chi connectivity index (χ1n) is 6.21. The third kappa shape index (κ3) is 4.16.